The zero-order valence-electron chi connectivity index (χ0n) is 44.9. The number of aromatic nitrogens is 1. The maximum Gasteiger partial charge on any atom is 0.198 e. The first-order chi connectivity index (χ1) is 36.5. The molecule has 0 unspecified atom stereocenters. The summed E-state index contributed by atoms with van der Waals surface area (Å²) in [6, 6.07) is 63.3. The minimum Gasteiger partial charge on any atom is -0.456 e. The lowest BCUT2D eigenvalue weighted by Gasteiger charge is -2.41. The first kappa shape index (κ1) is 45.4. The van der Waals surface area contributed by atoms with Crippen molar-refractivity contribution in [1.82, 2.24) is 4.57 Å². The monoisotopic (exact) mass is 983 g/mol. The molecule has 369 valence electrons. The van der Waals surface area contributed by atoms with Crippen LogP contribution in [0, 0.1) is 0 Å². The lowest BCUT2D eigenvalue weighted by molar-refractivity contribution is 0.332. The number of nitrogens with one attached hydrogen (secondary N) is 1. The van der Waals surface area contributed by atoms with Gasteiger partial charge in [0.2, 0.25) is 0 Å². The number of rotatable bonds is 5. The Bertz CT molecular complexity index is 4440. The highest BCUT2D eigenvalue weighted by Crippen LogP contribution is 2.53. The second kappa shape index (κ2) is 15.5. The Hall–Kier alpha value is -8.02. The number of benzene rings is 9. The summed E-state index contributed by atoms with van der Waals surface area (Å²) in [6.45, 7) is 21.2. The summed E-state index contributed by atoms with van der Waals surface area (Å²) < 4.78 is 16.7. The topological polar surface area (TPSA) is 43.2 Å². The van der Waals surface area contributed by atoms with E-state index in [-0.39, 0.29) is 21.7 Å². The molecule has 0 fully saturated rings. The second-order valence-corrected chi connectivity index (χ2v) is 25.0. The molecule has 15 rings (SSSR count). The number of hydrogen-bond donors (Lipinski definition) is 1. The van der Waals surface area contributed by atoms with Crippen LogP contribution in [0.2, 0.25) is 0 Å². The Labute approximate surface area is 445 Å². The molecule has 4 nitrogen and oxygen atoms in total. The Morgan fingerprint density at radius 2 is 1.14 bits per heavy atom. The van der Waals surface area contributed by atoms with E-state index in [9.17, 15) is 0 Å². The molecule has 0 spiro atoms. The van der Waals surface area contributed by atoms with Gasteiger partial charge in [-0.3, -0.25) is 0 Å². The first-order valence-corrected chi connectivity index (χ1v) is 27.3. The number of anilines is 2. The maximum atomic E-state index is 7.09. The fourth-order valence-electron chi connectivity index (χ4n) is 13.7. The van der Waals surface area contributed by atoms with E-state index in [1.807, 2.05) is 0 Å². The van der Waals surface area contributed by atoms with E-state index in [0.717, 1.165) is 96.5 Å². The minimum absolute atomic E-state index is 0.0363. The van der Waals surface area contributed by atoms with Crippen molar-refractivity contribution in [1.29, 1.82) is 0 Å². The third-order valence-corrected chi connectivity index (χ3v) is 18.1. The van der Waals surface area contributed by atoms with E-state index in [1.54, 1.807) is 0 Å². The predicted molar refractivity (Wildman–Crippen MR) is 320 cm³/mol. The molecule has 5 heteroatoms. The molecule has 12 aromatic rings. The van der Waals surface area contributed by atoms with Gasteiger partial charge >= 0.3 is 0 Å². The van der Waals surface area contributed by atoms with Gasteiger partial charge < -0.3 is 18.7 Å². The predicted octanol–water partition coefficient (Wildman–Crippen LogP) is 18.1. The van der Waals surface area contributed by atoms with Crippen LogP contribution in [0.4, 0.5) is 11.4 Å². The van der Waals surface area contributed by atoms with Crippen LogP contribution in [-0.4, -0.2) is 11.8 Å². The normalized spacial score (nSPS) is 15.8. The molecule has 9 aromatic carbocycles. The van der Waals surface area contributed by atoms with Crippen molar-refractivity contribution in [3.05, 3.63) is 198 Å². The van der Waals surface area contributed by atoms with Gasteiger partial charge in [-0.1, -0.05) is 177 Å². The quantitative estimate of drug-likeness (QED) is 0.175. The molecule has 1 N–H and O–H groups in total. The van der Waals surface area contributed by atoms with Crippen molar-refractivity contribution >= 4 is 84.3 Å². The summed E-state index contributed by atoms with van der Waals surface area (Å²) in [6.07, 6.45) is 2.29. The third-order valence-electron chi connectivity index (χ3n) is 18.1. The van der Waals surface area contributed by atoms with Crippen LogP contribution in [0.15, 0.2) is 179 Å². The van der Waals surface area contributed by atoms with Crippen molar-refractivity contribution in [3.8, 4) is 50.4 Å². The molecular formula is C71H60BN2O2. The van der Waals surface area contributed by atoms with E-state index in [0.29, 0.717) is 0 Å². The number of furan rings is 2. The average molecular weight is 984 g/mol. The molecule has 1 aliphatic heterocycles. The molecule has 0 saturated heterocycles. The molecule has 0 amide bonds. The summed E-state index contributed by atoms with van der Waals surface area (Å²) in [4.78, 5) is 0. The summed E-state index contributed by atoms with van der Waals surface area (Å²) in [5, 5.41) is 9.85. The lowest BCUT2D eigenvalue weighted by Crippen LogP contribution is -2.37. The van der Waals surface area contributed by atoms with E-state index in [1.165, 1.54) is 71.6 Å². The first-order valence-electron chi connectivity index (χ1n) is 27.3. The maximum absolute atomic E-state index is 7.09. The zero-order chi connectivity index (χ0) is 51.8. The Kier molecular flexibility index (Phi) is 9.28. The van der Waals surface area contributed by atoms with Crippen LogP contribution < -0.4 is 16.2 Å². The van der Waals surface area contributed by atoms with E-state index in [2.05, 4.69) is 249 Å². The van der Waals surface area contributed by atoms with Crippen molar-refractivity contribution in [2.45, 2.75) is 96.8 Å². The van der Waals surface area contributed by atoms with Crippen molar-refractivity contribution in [2.75, 3.05) is 5.32 Å². The van der Waals surface area contributed by atoms with E-state index >= 15 is 0 Å². The van der Waals surface area contributed by atoms with Crippen LogP contribution in [0.25, 0.3) is 105 Å². The van der Waals surface area contributed by atoms with Crippen LogP contribution in [0.5, 0.6) is 0 Å². The molecule has 4 heterocycles. The van der Waals surface area contributed by atoms with Gasteiger partial charge in [-0.15, -0.1) is 0 Å². The SMILES string of the molecule is CC(C)(C)c1ccc(Nc2cc3oc4cc5c(cc4c3cc2-c2ccc3c4cc6c(cc4n4c3c2[B]c2cc3oc(-c7ccccc7)c(-c7ccccc7)c3cc2-4)-c2ccccc2C6(C)C)C(C)(C)CCC5(C)C)cc1. The minimum atomic E-state index is -0.151. The van der Waals surface area contributed by atoms with Gasteiger partial charge in [-0.2, -0.15) is 0 Å². The van der Waals surface area contributed by atoms with Gasteiger partial charge in [-0.05, 0) is 139 Å². The number of fused-ring (bicyclic) bond motifs is 13. The average Bonchev–Trinajstić information content (AvgIpc) is 4.30. The summed E-state index contributed by atoms with van der Waals surface area (Å²) >= 11 is 0. The molecule has 3 aliphatic rings. The molecule has 0 bridgehead atoms. The van der Waals surface area contributed by atoms with Crippen molar-refractivity contribution in [2.24, 2.45) is 0 Å². The van der Waals surface area contributed by atoms with Crippen molar-refractivity contribution in [3.63, 3.8) is 0 Å². The van der Waals surface area contributed by atoms with E-state index < -0.39 is 0 Å². The molecule has 2 aliphatic carbocycles. The number of nitrogens with zero attached hydrogens (tertiary/aromatic N) is 1. The highest BCUT2D eigenvalue weighted by Gasteiger charge is 2.40. The van der Waals surface area contributed by atoms with Gasteiger partial charge in [0.15, 0.2) is 7.28 Å². The van der Waals surface area contributed by atoms with Crippen molar-refractivity contribution < 1.29 is 8.83 Å². The van der Waals surface area contributed by atoms with E-state index in [4.69, 9.17) is 8.83 Å². The van der Waals surface area contributed by atoms with Crippen LogP contribution in [-0.2, 0) is 21.7 Å². The van der Waals surface area contributed by atoms with Crippen LogP contribution >= 0.6 is 0 Å². The van der Waals surface area contributed by atoms with Gasteiger partial charge in [0.1, 0.15) is 22.5 Å². The number of hydrogen-bond acceptors (Lipinski definition) is 3. The summed E-state index contributed by atoms with van der Waals surface area (Å²) in [5.74, 6) is 0.877. The van der Waals surface area contributed by atoms with Crippen LogP contribution in [0.1, 0.15) is 103 Å². The second-order valence-electron chi connectivity index (χ2n) is 25.0. The van der Waals surface area contributed by atoms with Crippen LogP contribution in [0.3, 0.4) is 0 Å². The Morgan fingerprint density at radius 3 is 1.88 bits per heavy atom. The fraction of sp³-hybridized carbons (Fsp3) is 0.211. The highest BCUT2D eigenvalue weighted by molar-refractivity contribution is 6.73. The third kappa shape index (κ3) is 6.50. The molecule has 1 radical (unpaired) electrons. The largest absolute Gasteiger partial charge is 0.456 e. The summed E-state index contributed by atoms with van der Waals surface area (Å²) in [5.41, 5.74) is 25.6. The van der Waals surface area contributed by atoms with Gasteiger partial charge in [0.05, 0.1) is 11.2 Å². The van der Waals surface area contributed by atoms with Gasteiger partial charge in [0, 0.05) is 72.0 Å². The smallest absolute Gasteiger partial charge is 0.198 e. The fourth-order valence-corrected chi connectivity index (χ4v) is 13.7. The zero-order valence-corrected chi connectivity index (χ0v) is 44.9. The molecule has 0 atom stereocenters. The summed E-state index contributed by atoms with van der Waals surface area (Å²) in [7, 11) is 2.44. The molecule has 76 heavy (non-hydrogen) atoms. The molecule has 0 saturated carbocycles. The highest BCUT2D eigenvalue weighted by atomic mass is 16.3. The Balaban J connectivity index is 1.03. The molecular weight excluding hydrogens is 924 g/mol. The van der Waals surface area contributed by atoms with Gasteiger partial charge in [0.25, 0.3) is 0 Å². The van der Waals surface area contributed by atoms with Gasteiger partial charge in [-0.25, -0.2) is 0 Å². The standard InChI is InChI=1S/C71H60BN2O2/c1-68(2,3)42-24-26-43(27-25-42)73-58-39-63-50(51-34-55-56(37-61(51)75-63)70(6,7)31-30-69(55,4)5)32-48(58)45-28-29-46-49-33-54-47(44-22-16-17-23-53(44)71(54,8)9)35-59(49)74-60-36-52-62(38-57(60)72-65(45)66(46)74)76-67(41-20-14-11-15-21-41)64(52)40-18-12-10-13-19-40/h10-29,32-39,73H,30-31H2,1-9H3. The lowest BCUT2D eigenvalue weighted by atomic mass is 9.59. The molecule has 3 aromatic heterocycles. The Morgan fingerprint density at radius 1 is 0.500 bits per heavy atom.